The van der Waals surface area contributed by atoms with Gasteiger partial charge in [-0.05, 0) is 18.8 Å². The van der Waals surface area contributed by atoms with Gasteiger partial charge in [-0.3, -0.25) is 0 Å². The first-order valence-electron chi connectivity index (χ1n) is 6.75. The molecule has 0 spiro atoms. The van der Waals surface area contributed by atoms with E-state index >= 15 is 0 Å². The van der Waals surface area contributed by atoms with E-state index in [2.05, 4.69) is 51.8 Å². The van der Waals surface area contributed by atoms with Gasteiger partial charge in [0.15, 0.2) is 0 Å². The van der Waals surface area contributed by atoms with E-state index in [4.69, 9.17) is 0 Å². The zero-order valence-electron chi connectivity index (χ0n) is 12.0. The minimum atomic E-state index is -1.08. The maximum absolute atomic E-state index is 3.93. The van der Waals surface area contributed by atoms with Gasteiger partial charge in [0.1, 0.15) is 0 Å². The van der Waals surface area contributed by atoms with E-state index in [0.29, 0.717) is 5.92 Å². The monoisotopic (exact) mass is 238 g/mol. The van der Waals surface area contributed by atoms with Crippen LogP contribution in [-0.4, -0.2) is 8.07 Å². The molecule has 0 radical (unpaired) electrons. The lowest BCUT2D eigenvalue weighted by Gasteiger charge is -2.18. The lowest BCUT2D eigenvalue weighted by atomic mass is 9.97. The van der Waals surface area contributed by atoms with Crippen LogP contribution in [0.4, 0.5) is 0 Å². The molecule has 0 saturated heterocycles. The molecule has 0 amide bonds. The number of rotatable bonds is 8. The van der Waals surface area contributed by atoms with Crippen molar-refractivity contribution in [1.82, 2.24) is 0 Å². The highest BCUT2D eigenvalue weighted by Crippen LogP contribution is 2.22. The Balaban J connectivity index is 4.34. The Hall–Kier alpha value is -0.303. The van der Waals surface area contributed by atoms with E-state index in [9.17, 15) is 0 Å². The van der Waals surface area contributed by atoms with E-state index in [1.165, 1.54) is 32.1 Å². The van der Waals surface area contributed by atoms with Crippen molar-refractivity contribution in [3.05, 3.63) is 23.9 Å². The summed E-state index contributed by atoms with van der Waals surface area (Å²) in [5.41, 5.74) is 4.20. The Morgan fingerprint density at radius 2 is 1.81 bits per heavy atom. The van der Waals surface area contributed by atoms with Crippen LogP contribution in [0.1, 0.15) is 46.0 Å². The van der Waals surface area contributed by atoms with Gasteiger partial charge in [-0.2, -0.15) is 0 Å². The van der Waals surface area contributed by atoms with Gasteiger partial charge in [0, 0.05) is 0 Å². The molecule has 0 aromatic heterocycles. The lowest BCUT2D eigenvalue weighted by molar-refractivity contribution is 0.641. The highest BCUT2D eigenvalue weighted by Gasteiger charge is 2.13. The van der Waals surface area contributed by atoms with Crippen molar-refractivity contribution in [2.45, 2.75) is 65.6 Å². The fourth-order valence-corrected chi connectivity index (χ4v) is 3.41. The van der Waals surface area contributed by atoms with Gasteiger partial charge >= 0.3 is 0 Å². The van der Waals surface area contributed by atoms with Gasteiger partial charge in [0.25, 0.3) is 0 Å². The predicted octanol–water partition coefficient (Wildman–Crippen LogP) is 5.58. The van der Waals surface area contributed by atoms with Gasteiger partial charge in [0.2, 0.25) is 0 Å². The molecule has 0 nitrogen and oxygen atoms in total. The summed E-state index contributed by atoms with van der Waals surface area (Å²) in [4.78, 5) is 0. The molecule has 0 aliphatic heterocycles. The molecule has 0 aliphatic carbocycles. The molecule has 0 heterocycles. The van der Waals surface area contributed by atoms with Crippen LogP contribution >= 0.6 is 0 Å². The molecule has 0 saturated carbocycles. The molecule has 16 heavy (non-hydrogen) atoms. The van der Waals surface area contributed by atoms with Crippen molar-refractivity contribution in [1.29, 1.82) is 0 Å². The predicted molar refractivity (Wildman–Crippen MR) is 79.5 cm³/mol. The van der Waals surface area contributed by atoms with Crippen LogP contribution in [-0.2, 0) is 0 Å². The van der Waals surface area contributed by atoms with Crippen LogP contribution in [0.5, 0.6) is 0 Å². The summed E-state index contributed by atoms with van der Waals surface area (Å²) in [5.74, 6) is 0.563. The van der Waals surface area contributed by atoms with Crippen molar-refractivity contribution >= 4 is 8.07 Å². The quantitative estimate of drug-likeness (QED) is 0.294. The van der Waals surface area contributed by atoms with Gasteiger partial charge in [-0.1, -0.05) is 70.1 Å². The van der Waals surface area contributed by atoms with Crippen LogP contribution < -0.4 is 0 Å². The SMILES string of the molecule is C=CC(C)/C(=C\[Si](C)(C)C)CCCCCC. The molecule has 1 atom stereocenters. The van der Waals surface area contributed by atoms with Crippen LogP contribution in [0.3, 0.4) is 0 Å². The highest BCUT2D eigenvalue weighted by molar-refractivity contribution is 6.81. The van der Waals surface area contributed by atoms with Crippen molar-refractivity contribution in [3.8, 4) is 0 Å². The molecular formula is C15H30Si. The van der Waals surface area contributed by atoms with Crippen molar-refractivity contribution in [2.75, 3.05) is 0 Å². The summed E-state index contributed by atoms with van der Waals surface area (Å²) in [6.45, 7) is 15.7. The molecule has 1 heteroatoms. The largest absolute Gasteiger partial charge is 0.102 e. The first-order valence-corrected chi connectivity index (χ1v) is 10.3. The van der Waals surface area contributed by atoms with Crippen LogP contribution in [0.2, 0.25) is 19.6 Å². The Kier molecular flexibility index (Phi) is 7.74. The average molecular weight is 238 g/mol. The van der Waals surface area contributed by atoms with E-state index in [0.717, 1.165) is 0 Å². The summed E-state index contributed by atoms with van der Waals surface area (Å²) in [6.07, 6.45) is 8.79. The van der Waals surface area contributed by atoms with Crippen molar-refractivity contribution in [3.63, 3.8) is 0 Å². The molecule has 0 aromatic carbocycles. The molecular weight excluding hydrogens is 208 g/mol. The van der Waals surface area contributed by atoms with Gasteiger partial charge in [0.05, 0.1) is 8.07 Å². The smallest absolute Gasteiger partial charge is 0.0686 e. The summed E-state index contributed by atoms with van der Waals surface area (Å²) in [6, 6.07) is 0. The minimum Gasteiger partial charge on any atom is -0.102 e. The molecule has 0 aliphatic rings. The van der Waals surface area contributed by atoms with Gasteiger partial charge < -0.3 is 0 Å². The molecule has 0 N–H and O–H groups in total. The number of hydrogen-bond acceptors (Lipinski definition) is 0. The Bertz CT molecular complexity index is 220. The Morgan fingerprint density at radius 3 is 2.25 bits per heavy atom. The zero-order valence-corrected chi connectivity index (χ0v) is 13.0. The van der Waals surface area contributed by atoms with E-state index in [1.807, 2.05) is 0 Å². The topological polar surface area (TPSA) is 0 Å². The molecule has 0 rings (SSSR count). The molecule has 94 valence electrons. The number of allylic oxidation sites excluding steroid dienone is 2. The highest BCUT2D eigenvalue weighted by atomic mass is 28.3. The van der Waals surface area contributed by atoms with E-state index < -0.39 is 8.07 Å². The van der Waals surface area contributed by atoms with Crippen LogP contribution in [0.15, 0.2) is 23.9 Å². The first kappa shape index (κ1) is 15.7. The zero-order chi connectivity index (χ0) is 12.6. The van der Waals surface area contributed by atoms with E-state index in [1.54, 1.807) is 5.57 Å². The maximum atomic E-state index is 3.93. The molecule has 1 unspecified atom stereocenters. The Morgan fingerprint density at radius 1 is 1.19 bits per heavy atom. The summed E-state index contributed by atoms with van der Waals surface area (Å²) in [5, 5.41) is 0. The third kappa shape index (κ3) is 7.92. The summed E-state index contributed by atoms with van der Waals surface area (Å²) in [7, 11) is -1.08. The van der Waals surface area contributed by atoms with Gasteiger partial charge in [-0.15, -0.1) is 6.58 Å². The second kappa shape index (κ2) is 7.89. The second-order valence-electron chi connectivity index (χ2n) is 5.92. The standard InChI is InChI=1S/C15H30Si/c1-7-9-10-11-12-15(14(3)8-2)13-16(4,5)6/h8,13-14H,2,7,9-12H2,1,3-6H3/b15-13-. The summed E-state index contributed by atoms with van der Waals surface area (Å²) < 4.78 is 0. The minimum absolute atomic E-state index is 0.563. The van der Waals surface area contributed by atoms with Gasteiger partial charge in [-0.25, -0.2) is 0 Å². The number of unbranched alkanes of at least 4 members (excludes halogenated alkanes) is 3. The third-order valence-corrected chi connectivity index (χ3v) is 4.11. The second-order valence-corrected chi connectivity index (χ2v) is 10.9. The normalized spacial score (nSPS) is 14.9. The molecule has 0 bridgehead atoms. The fraction of sp³-hybridized carbons (Fsp3) is 0.733. The van der Waals surface area contributed by atoms with Crippen LogP contribution in [0, 0.1) is 5.92 Å². The Labute approximate surface area is 104 Å². The average Bonchev–Trinajstić information content (AvgIpc) is 2.19. The lowest BCUT2D eigenvalue weighted by Crippen LogP contribution is -2.18. The molecule has 0 aromatic rings. The van der Waals surface area contributed by atoms with Crippen LogP contribution in [0.25, 0.3) is 0 Å². The van der Waals surface area contributed by atoms with Crippen molar-refractivity contribution in [2.24, 2.45) is 5.92 Å². The fourth-order valence-electron chi connectivity index (χ4n) is 1.89. The summed E-state index contributed by atoms with van der Waals surface area (Å²) >= 11 is 0. The van der Waals surface area contributed by atoms with E-state index in [-0.39, 0.29) is 0 Å². The third-order valence-electron chi connectivity index (χ3n) is 2.88. The maximum Gasteiger partial charge on any atom is 0.0686 e. The molecule has 0 fully saturated rings. The first-order chi connectivity index (χ1) is 7.40. The van der Waals surface area contributed by atoms with Crippen molar-refractivity contribution < 1.29 is 0 Å². The number of hydrogen-bond donors (Lipinski definition) is 0.